The Morgan fingerprint density at radius 1 is 1.11 bits per heavy atom. The molecule has 0 unspecified atom stereocenters. The van der Waals surface area contributed by atoms with Gasteiger partial charge in [-0.2, -0.15) is 9.67 Å². The van der Waals surface area contributed by atoms with Crippen LogP contribution in [-0.4, -0.2) is 78.3 Å². The molecule has 3 N–H and O–H groups in total. The molecule has 2 aliphatic rings. The van der Waals surface area contributed by atoms with Crippen LogP contribution in [0.4, 0.5) is 17.6 Å². The highest BCUT2D eigenvalue weighted by Crippen LogP contribution is 2.29. The number of nitrogen functional groups attached to an aromatic ring is 1. The van der Waals surface area contributed by atoms with Crippen molar-refractivity contribution in [2.75, 3.05) is 43.8 Å². The third-order valence-electron chi connectivity index (χ3n) is 7.29. The number of anilines is 3. The van der Waals surface area contributed by atoms with E-state index in [0.717, 1.165) is 52.8 Å². The first-order valence-corrected chi connectivity index (χ1v) is 13.8. The number of nitrogens with zero attached hydrogens (tertiary/aromatic N) is 8. The monoisotopic (exact) mass is 516 g/mol. The van der Waals surface area contributed by atoms with E-state index in [4.69, 9.17) is 5.73 Å². The molecule has 0 amide bonds. The summed E-state index contributed by atoms with van der Waals surface area (Å²) in [7, 11) is 0. The molecular weight excluding hydrogens is 484 g/mol. The summed E-state index contributed by atoms with van der Waals surface area (Å²) in [5.74, 6) is 1.27. The van der Waals surface area contributed by atoms with Gasteiger partial charge in [-0.05, 0) is 48.9 Å². The lowest BCUT2D eigenvalue weighted by atomic mass is 10.2. The van der Waals surface area contributed by atoms with Crippen molar-refractivity contribution in [3.63, 3.8) is 0 Å². The standard InChI is InChI=1S/C26H32N10S/c1-18-16-37-23-22(18)29-17-30-24(23)36-25(27)32-26(33-36)31-20-9-8-19(28-15-20)5-4-10-34-11-13-35(14-12-34)21-6-2-3-7-21/h4-5,8-9,15-17,21H,2-3,6-7,10-14H2,1H3,(H3,27,31,32,33). The zero-order chi connectivity index (χ0) is 25.2. The van der Waals surface area contributed by atoms with Gasteiger partial charge in [0.05, 0.1) is 27.8 Å². The van der Waals surface area contributed by atoms with Crippen molar-refractivity contribution < 1.29 is 0 Å². The third kappa shape index (κ3) is 5.20. The fraction of sp³-hybridized carbons (Fsp3) is 0.423. The predicted octanol–water partition coefficient (Wildman–Crippen LogP) is 3.87. The topological polar surface area (TPSA) is 114 Å². The summed E-state index contributed by atoms with van der Waals surface area (Å²) in [6.07, 6.45) is 13.2. The van der Waals surface area contributed by atoms with Crippen molar-refractivity contribution >= 4 is 45.2 Å². The molecule has 6 rings (SSSR count). The summed E-state index contributed by atoms with van der Waals surface area (Å²) >= 11 is 1.57. The first-order valence-electron chi connectivity index (χ1n) is 12.9. The van der Waals surface area contributed by atoms with Gasteiger partial charge in [-0.25, -0.2) is 9.97 Å². The molecule has 0 bridgehead atoms. The number of nitrogens with two attached hydrogens (primary N) is 1. The quantitative estimate of drug-likeness (QED) is 0.378. The Kier molecular flexibility index (Phi) is 6.81. The molecule has 1 saturated carbocycles. The number of nitrogens with one attached hydrogen (secondary N) is 1. The highest BCUT2D eigenvalue weighted by Gasteiger charge is 2.25. The lowest BCUT2D eigenvalue weighted by Gasteiger charge is -2.37. The first kappa shape index (κ1) is 24.0. The summed E-state index contributed by atoms with van der Waals surface area (Å²) in [4.78, 5) is 22.9. The summed E-state index contributed by atoms with van der Waals surface area (Å²) in [6, 6.07) is 4.79. The predicted molar refractivity (Wildman–Crippen MR) is 148 cm³/mol. The van der Waals surface area contributed by atoms with E-state index >= 15 is 0 Å². The fourth-order valence-corrected chi connectivity index (χ4v) is 6.23. The van der Waals surface area contributed by atoms with Gasteiger partial charge in [-0.3, -0.25) is 14.8 Å². The van der Waals surface area contributed by atoms with Crippen LogP contribution in [-0.2, 0) is 0 Å². The van der Waals surface area contributed by atoms with Gasteiger partial charge in [0.2, 0.25) is 11.9 Å². The fourth-order valence-electron chi connectivity index (χ4n) is 5.25. The molecule has 0 aromatic carbocycles. The minimum atomic E-state index is 0.255. The van der Waals surface area contributed by atoms with Crippen molar-refractivity contribution in [1.82, 2.24) is 39.5 Å². The molecule has 5 heterocycles. The normalized spacial score (nSPS) is 17.9. The van der Waals surface area contributed by atoms with Crippen LogP contribution in [0.25, 0.3) is 22.1 Å². The van der Waals surface area contributed by atoms with Crippen molar-refractivity contribution in [3.8, 4) is 5.82 Å². The summed E-state index contributed by atoms with van der Waals surface area (Å²) < 4.78 is 2.47. The second-order valence-corrected chi connectivity index (χ2v) is 10.7. The number of pyridine rings is 1. The maximum atomic E-state index is 6.17. The van der Waals surface area contributed by atoms with Crippen LogP contribution in [0, 0.1) is 6.92 Å². The van der Waals surface area contributed by atoms with Crippen LogP contribution in [0.1, 0.15) is 36.9 Å². The summed E-state index contributed by atoms with van der Waals surface area (Å²) in [6.45, 7) is 7.66. The second-order valence-electron chi connectivity index (χ2n) is 9.77. The zero-order valence-electron chi connectivity index (χ0n) is 21.0. The zero-order valence-corrected chi connectivity index (χ0v) is 21.9. The molecule has 0 spiro atoms. The average molecular weight is 517 g/mol. The molecule has 10 nitrogen and oxygen atoms in total. The van der Waals surface area contributed by atoms with Crippen LogP contribution in [0.15, 0.2) is 36.1 Å². The van der Waals surface area contributed by atoms with E-state index in [1.165, 1.54) is 45.1 Å². The van der Waals surface area contributed by atoms with Gasteiger partial charge in [0.15, 0.2) is 5.82 Å². The molecule has 4 aromatic heterocycles. The molecule has 0 atom stereocenters. The minimum absolute atomic E-state index is 0.255. The van der Waals surface area contributed by atoms with Crippen molar-refractivity contribution in [3.05, 3.63) is 47.4 Å². The van der Waals surface area contributed by atoms with Crippen LogP contribution >= 0.6 is 11.3 Å². The van der Waals surface area contributed by atoms with Crippen molar-refractivity contribution in [2.24, 2.45) is 0 Å². The highest BCUT2D eigenvalue weighted by molar-refractivity contribution is 7.17. The minimum Gasteiger partial charge on any atom is -0.368 e. The largest absolute Gasteiger partial charge is 0.368 e. The van der Waals surface area contributed by atoms with Gasteiger partial charge in [0.25, 0.3) is 0 Å². The van der Waals surface area contributed by atoms with E-state index in [0.29, 0.717) is 11.8 Å². The number of aryl methyl sites for hydroxylation is 1. The Bertz CT molecular complexity index is 1380. The van der Waals surface area contributed by atoms with Gasteiger partial charge in [0, 0.05) is 38.8 Å². The molecule has 4 aromatic rings. The SMILES string of the molecule is Cc1csc2c(-n3nc(Nc4ccc(C=CCN5CCN(C6CCCC6)CC5)nc4)nc3N)ncnc12. The second kappa shape index (κ2) is 10.5. The molecule has 37 heavy (non-hydrogen) atoms. The van der Waals surface area contributed by atoms with Crippen LogP contribution in [0.2, 0.25) is 0 Å². The number of fused-ring (bicyclic) bond motifs is 1. The van der Waals surface area contributed by atoms with E-state index in [2.05, 4.69) is 52.3 Å². The molecule has 1 saturated heterocycles. The molecule has 1 aliphatic carbocycles. The Balaban J connectivity index is 1.05. The summed E-state index contributed by atoms with van der Waals surface area (Å²) in [5, 5.41) is 9.76. The molecule has 0 radical (unpaired) electrons. The number of aromatic nitrogens is 6. The maximum Gasteiger partial charge on any atom is 0.248 e. The van der Waals surface area contributed by atoms with Gasteiger partial charge < -0.3 is 11.1 Å². The van der Waals surface area contributed by atoms with Gasteiger partial charge in [0.1, 0.15) is 6.33 Å². The smallest absolute Gasteiger partial charge is 0.248 e. The van der Waals surface area contributed by atoms with Crippen LogP contribution in [0.5, 0.6) is 0 Å². The molecule has 11 heteroatoms. The van der Waals surface area contributed by atoms with Crippen LogP contribution in [0.3, 0.4) is 0 Å². The van der Waals surface area contributed by atoms with Crippen molar-refractivity contribution in [1.29, 1.82) is 0 Å². The molecular formula is C26H32N10S. The number of hydrogen-bond donors (Lipinski definition) is 2. The van der Waals surface area contributed by atoms with Gasteiger partial charge in [-0.1, -0.05) is 18.9 Å². The lowest BCUT2D eigenvalue weighted by Crippen LogP contribution is -2.49. The maximum absolute atomic E-state index is 6.17. The van der Waals surface area contributed by atoms with Crippen molar-refractivity contribution in [2.45, 2.75) is 38.6 Å². The Morgan fingerprint density at radius 3 is 2.73 bits per heavy atom. The highest BCUT2D eigenvalue weighted by atomic mass is 32.1. The average Bonchev–Trinajstić information content (AvgIpc) is 3.67. The van der Waals surface area contributed by atoms with E-state index < -0.39 is 0 Å². The van der Waals surface area contributed by atoms with Gasteiger partial charge in [-0.15, -0.1) is 16.4 Å². The number of thiophene rings is 1. The lowest BCUT2D eigenvalue weighted by molar-refractivity contribution is 0.105. The molecule has 192 valence electrons. The summed E-state index contributed by atoms with van der Waals surface area (Å²) in [5.41, 5.74) is 9.88. The number of piperazine rings is 1. The van der Waals surface area contributed by atoms with Gasteiger partial charge >= 0.3 is 0 Å². The third-order valence-corrected chi connectivity index (χ3v) is 8.37. The van der Waals surface area contributed by atoms with E-state index in [-0.39, 0.29) is 5.95 Å². The van der Waals surface area contributed by atoms with E-state index in [1.54, 1.807) is 22.2 Å². The Morgan fingerprint density at radius 2 is 1.95 bits per heavy atom. The number of hydrogen-bond acceptors (Lipinski definition) is 10. The van der Waals surface area contributed by atoms with Crippen LogP contribution < -0.4 is 11.1 Å². The number of rotatable bonds is 7. The Hall–Kier alpha value is -3.41. The Labute approximate surface area is 220 Å². The van der Waals surface area contributed by atoms with E-state index in [1.807, 2.05) is 24.4 Å². The van der Waals surface area contributed by atoms with E-state index in [9.17, 15) is 0 Å². The molecule has 1 aliphatic heterocycles. The first-order chi connectivity index (χ1) is 18.1. The molecule has 2 fully saturated rings.